The van der Waals surface area contributed by atoms with E-state index >= 15 is 0 Å². The lowest BCUT2D eigenvalue weighted by atomic mass is 9.80. The zero-order valence-electron chi connectivity index (χ0n) is 21.3. The Bertz CT molecular complexity index is 701. The molecule has 0 saturated heterocycles. The van der Waals surface area contributed by atoms with Gasteiger partial charge >= 0.3 is 12.1 Å². The molecule has 33 heavy (non-hydrogen) atoms. The molecule has 0 saturated carbocycles. The first-order chi connectivity index (χ1) is 15.4. The van der Waals surface area contributed by atoms with E-state index in [-0.39, 0.29) is 43.2 Å². The fourth-order valence-corrected chi connectivity index (χ4v) is 3.34. The van der Waals surface area contributed by atoms with Crippen LogP contribution in [0.2, 0.25) is 0 Å². The number of carbonyl (C=O) groups is 2. The SMILES string of the molecule is COCOC[C@@H](C)[C@@H](C)[C@@H]1OC(C(=O)OCOC)=C[C@H](N=C(C)NC(=O)OC(C)(C)C)[C@H]1C. The van der Waals surface area contributed by atoms with Gasteiger partial charge in [-0.1, -0.05) is 20.8 Å². The first-order valence-electron chi connectivity index (χ1n) is 11.0. The maximum Gasteiger partial charge on any atom is 0.413 e. The maximum absolute atomic E-state index is 12.5. The van der Waals surface area contributed by atoms with Crippen molar-refractivity contribution >= 4 is 17.9 Å². The Labute approximate surface area is 197 Å². The number of amidine groups is 1. The van der Waals surface area contributed by atoms with Crippen LogP contribution in [0.15, 0.2) is 16.8 Å². The Morgan fingerprint density at radius 3 is 2.39 bits per heavy atom. The van der Waals surface area contributed by atoms with Gasteiger partial charge in [0.15, 0.2) is 6.79 Å². The highest BCUT2D eigenvalue weighted by atomic mass is 16.7. The summed E-state index contributed by atoms with van der Waals surface area (Å²) in [5.41, 5.74) is -0.629. The number of hydrogen-bond donors (Lipinski definition) is 1. The summed E-state index contributed by atoms with van der Waals surface area (Å²) in [6.07, 6.45) is 0.670. The van der Waals surface area contributed by atoms with Crippen molar-refractivity contribution in [3.8, 4) is 0 Å². The molecule has 5 atom stereocenters. The average Bonchev–Trinajstić information content (AvgIpc) is 2.71. The molecule has 0 fully saturated rings. The number of rotatable bonds is 10. The third kappa shape index (κ3) is 10.1. The van der Waals surface area contributed by atoms with Crippen molar-refractivity contribution in [2.45, 2.75) is 66.2 Å². The van der Waals surface area contributed by atoms with Gasteiger partial charge in [-0.3, -0.25) is 10.3 Å². The van der Waals surface area contributed by atoms with E-state index in [1.54, 1.807) is 40.9 Å². The minimum Gasteiger partial charge on any atom is -0.483 e. The predicted molar refractivity (Wildman–Crippen MR) is 123 cm³/mol. The molecule has 0 aromatic heterocycles. The van der Waals surface area contributed by atoms with Gasteiger partial charge in [0.25, 0.3) is 0 Å². The van der Waals surface area contributed by atoms with Crippen molar-refractivity contribution in [2.24, 2.45) is 22.7 Å². The number of nitrogens with one attached hydrogen (secondary N) is 1. The third-order valence-corrected chi connectivity index (χ3v) is 5.17. The Kier molecular flexibility index (Phi) is 11.8. The van der Waals surface area contributed by atoms with E-state index in [1.165, 1.54) is 7.11 Å². The molecule has 10 nitrogen and oxygen atoms in total. The normalized spacial score (nSPS) is 23.1. The van der Waals surface area contributed by atoms with Gasteiger partial charge in [-0.15, -0.1) is 0 Å². The number of amides is 1. The Balaban J connectivity index is 3.08. The summed E-state index contributed by atoms with van der Waals surface area (Å²) in [5, 5.41) is 2.63. The largest absolute Gasteiger partial charge is 0.483 e. The molecule has 0 unspecified atom stereocenters. The fraction of sp³-hybridized carbons (Fsp3) is 0.783. The fourth-order valence-electron chi connectivity index (χ4n) is 3.34. The van der Waals surface area contributed by atoms with Crippen LogP contribution in [0.25, 0.3) is 0 Å². The van der Waals surface area contributed by atoms with Crippen molar-refractivity contribution in [3.05, 3.63) is 11.8 Å². The van der Waals surface area contributed by atoms with Crippen molar-refractivity contribution in [1.82, 2.24) is 5.32 Å². The number of methoxy groups -OCH3 is 2. The van der Waals surface area contributed by atoms with E-state index < -0.39 is 23.7 Å². The summed E-state index contributed by atoms with van der Waals surface area (Å²) >= 11 is 0. The molecule has 0 radical (unpaired) electrons. The summed E-state index contributed by atoms with van der Waals surface area (Å²) in [6, 6.07) is -0.432. The third-order valence-electron chi connectivity index (χ3n) is 5.17. The summed E-state index contributed by atoms with van der Waals surface area (Å²) in [6.45, 7) is 13.6. The molecule has 0 aliphatic carbocycles. The van der Waals surface area contributed by atoms with Crippen LogP contribution in [0.4, 0.5) is 4.79 Å². The minimum atomic E-state index is -0.637. The first kappa shape index (κ1) is 28.9. The number of ether oxygens (including phenoxy) is 6. The smallest absolute Gasteiger partial charge is 0.413 e. The van der Waals surface area contributed by atoms with Gasteiger partial charge in [-0.25, -0.2) is 9.59 Å². The van der Waals surface area contributed by atoms with Crippen LogP contribution >= 0.6 is 0 Å². The number of hydrogen-bond acceptors (Lipinski definition) is 9. The highest BCUT2D eigenvalue weighted by molar-refractivity contribution is 5.94. The average molecular weight is 473 g/mol. The highest BCUT2D eigenvalue weighted by Gasteiger charge is 2.39. The van der Waals surface area contributed by atoms with Crippen LogP contribution in [0.3, 0.4) is 0 Å². The van der Waals surface area contributed by atoms with Gasteiger partial charge in [0.1, 0.15) is 24.3 Å². The highest BCUT2D eigenvalue weighted by Crippen LogP contribution is 2.34. The number of carbonyl (C=O) groups excluding carboxylic acids is 2. The molecule has 0 aromatic rings. The molecule has 1 aliphatic heterocycles. The lowest BCUT2D eigenvalue weighted by Gasteiger charge is -2.38. The topological polar surface area (TPSA) is 114 Å². The molecule has 1 amide bonds. The number of esters is 1. The van der Waals surface area contributed by atoms with E-state index in [1.807, 2.05) is 20.8 Å². The van der Waals surface area contributed by atoms with E-state index in [9.17, 15) is 9.59 Å². The van der Waals surface area contributed by atoms with Gasteiger partial charge in [-0.2, -0.15) is 0 Å². The lowest BCUT2D eigenvalue weighted by Crippen LogP contribution is -2.43. The molecule has 190 valence electrons. The molecule has 0 bridgehead atoms. The Morgan fingerprint density at radius 2 is 1.82 bits per heavy atom. The Hall–Kier alpha value is -2.17. The molecule has 1 N–H and O–H groups in total. The van der Waals surface area contributed by atoms with Crippen LogP contribution in [0.5, 0.6) is 0 Å². The molecule has 10 heteroatoms. The minimum absolute atomic E-state index is 0.0209. The quantitative estimate of drug-likeness (QED) is 0.169. The molecule has 1 rings (SSSR count). The first-order valence-corrected chi connectivity index (χ1v) is 11.0. The van der Waals surface area contributed by atoms with Gasteiger partial charge < -0.3 is 28.4 Å². The summed E-state index contributed by atoms with van der Waals surface area (Å²) < 4.78 is 31.7. The second kappa shape index (κ2) is 13.5. The van der Waals surface area contributed by atoms with Gasteiger partial charge in [0.05, 0.1) is 12.6 Å². The second-order valence-electron chi connectivity index (χ2n) is 9.26. The lowest BCUT2D eigenvalue weighted by molar-refractivity contribution is -0.157. The van der Waals surface area contributed by atoms with Gasteiger partial charge in [-0.05, 0) is 45.6 Å². The van der Waals surface area contributed by atoms with E-state index in [0.717, 1.165) is 0 Å². The summed E-state index contributed by atoms with van der Waals surface area (Å²) in [5.74, 6) is -0.167. The molecule has 0 aromatic carbocycles. The van der Waals surface area contributed by atoms with Crippen LogP contribution < -0.4 is 5.32 Å². The van der Waals surface area contributed by atoms with Gasteiger partial charge in [0, 0.05) is 20.1 Å². The number of aliphatic imine (C=N–C) groups is 1. The Morgan fingerprint density at radius 1 is 1.18 bits per heavy atom. The van der Waals surface area contributed by atoms with E-state index in [4.69, 9.17) is 28.4 Å². The molecule has 1 heterocycles. The maximum atomic E-state index is 12.5. The van der Waals surface area contributed by atoms with Crippen LogP contribution in [0, 0.1) is 17.8 Å². The summed E-state index contributed by atoms with van der Waals surface area (Å²) in [4.78, 5) is 29.2. The monoisotopic (exact) mass is 472 g/mol. The van der Waals surface area contributed by atoms with Crippen LogP contribution in [0.1, 0.15) is 48.5 Å². The number of nitrogens with zero attached hydrogens (tertiary/aromatic N) is 1. The van der Waals surface area contributed by atoms with Crippen molar-refractivity contribution in [1.29, 1.82) is 0 Å². The zero-order chi connectivity index (χ0) is 25.2. The van der Waals surface area contributed by atoms with Crippen LogP contribution in [-0.2, 0) is 33.2 Å². The summed E-state index contributed by atoms with van der Waals surface area (Å²) in [7, 11) is 3.00. The van der Waals surface area contributed by atoms with E-state index in [2.05, 4.69) is 10.3 Å². The predicted octanol–water partition coefficient (Wildman–Crippen LogP) is 3.26. The molecule has 1 aliphatic rings. The van der Waals surface area contributed by atoms with Crippen molar-refractivity contribution in [3.63, 3.8) is 0 Å². The van der Waals surface area contributed by atoms with Gasteiger partial charge in [0.2, 0.25) is 5.76 Å². The van der Waals surface area contributed by atoms with Crippen LogP contribution in [-0.4, -0.2) is 70.1 Å². The molecule has 0 spiro atoms. The standard InChI is InChI=1S/C23H40N2O8/c1-14(11-30-12-28-8)15(2)20-16(3)18(10-19(32-20)21(26)31-13-29-9)24-17(4)25-22(27)33-23(5,6)7/h10,14-16,18,20H,11-13H2,1-9H3,(H,24,25,27)/t14-,15-,16-,18+,20+/m1/s1. The van der Waals surface area contributed by atoms with Crippen molar-refractivity contribution in [2.75, 3.05) is 34.4 Å². The molecular formula is C23H40N2O8. The number of alkyl carbamates (subject to hydrolysis) is 1. The van der Waals surface area contributed by atoms with Crippen molar-refractivity contribution < 1.29 is 38.0 Å². The molecular weight excluding hydrogens is 432 g/mol. The zero-order valence-corrected chi connectivity index (χ0v) is 21.3. The second-order valence-corrected chi connectivity index (χ2v) is 9.26. The van der Waals surface area contributed by atoms with E-state index in [0.29, 0.717) is 12.4 Å².